The van der Waals surface area contributed by atoms with Crippen molar-refractivity contribution >= 4 is 0 Å². The molecule has 3 nitrogen and oxygen atoms in total. The number of hydrogen-bond acceptors (Lipinski definition) is 2. The summed E-state index contributed by atoms with van der Waals surface area (Å²) in [6.45, 7) is 3.80. The molecule has 0 radical (unpaired) electrons. The van der Waals surface area contributed by atoms with Crippen LogP contribution in [0.1, 0.15) is 42.4 Å². The third-order valence-electron chi connectivity index (χ3n) is 3.03. The minimum absolute atomic E-state index is 0.0764. The largest absolute Gasteiger partial charge is 0.416 e. The first-order chi connectivity index (χ1) is 9.75. The second-order valence-electron chi connectivity index (χ2n) is 5.15. The molecule has 0 saturated carbocycles. The lowest BCUT2D eigenvalue weighted by Gasteiger charge is -2.09. The van der Waals surface area contributed by atoms with Crippen LogP contribution in [0.3, 0.4) is 0 Å². The third kappa shape index (κ3) is 3.93. The molecule has 2 aromatic rings. The maximum Gasteiger partial charge on any atom is 0.416 e. The quantitative estimate of drug-likeness (QED) is 0.942. The van der Waals surface area contributed by atoms with Gasteiger partial charge in [-0.05, 0) is 17.5 Å². The number of nitrogens with zero attached hydrogens (tertiary/aromatic N) is 1. The lowest BCUT2D eigenvalue weighted by molar-refractivity contribution is -0.137. The number of aromatic amines is 1. The van der Waals surface area contributed by atoms with E-state index in [0.717, 1.165) is 12.1 Å². The first kappa shape index (κ1) is 15.3. The third-order valence-corrected chi connectivity index (χ3v) is 3.03. The predicted molar refractivity (Wildman–Crippen MR) is 73.2 cm³/mol. The Bertz CT molecular complexity index is 690. The van der Waals surface area contributed by atoms with Crippen LogP contribution in [0, 0.1) is 0 Å². The van der Waals surface area contributed by atoms with Crippen molar-refractivity contribution in [3.05, 3.63) is 63.3 Å². The summed E-state index contributed by atoms with van der Waals surface area (Å²) in [5.41, 5.74) is 0.0765. The predicted octanol–water partition coefficient (Wildman–Crippen LogP) is 3.50. The van der Waals surface area contributed by atoms with Crippen LogP contribution in [-0.2, 0) is 12.6 Å². The monoisotopic (exact) mass is 296 g/mol. The zero-order valence-corrected chi connectivity index (χ0v) is 11.7. The van der Waals surface area contributed by atoms with Gasteiger partial charge in [0.25, 0.3) is 5.56 Å². The van der Waals surface area contributed by atoms with Crippen LogP contribution in [0.4, 0.5) is 13.2 Å². The SMILES string of the molecule is CC(C)c1cc(=O)[nH]c(Cc2cccc(C(F)(F)F)c2)n1. The molecule has 1 aromatic heterocycles. The molecule has 0 unspecified atom stereocenters. The number of nitrogens with one attached hydrogen (secondary N) is 1. The Morgan fingerprint density at radius 3 is 2.57 bits per heavy atom. The molecule has 0 atom stereocenters. The number of aromatic nitrogens is 2. The van der Waals surface area contributed by atoms with E-state index in [2.05, 4.69) is 9.97 Å². The van der Waals surface area contributed by atoms with Crippen LogP contribution >= 0.6 is 0 Å². The summed E-state index contributed by atoms with van der Waals surface area (Å²) >= 11 is 0. The number of benzene rings is 1. The van der Waals surface area contributed by atoms with Gasteiger partial charge in [-0.1, -0.05) is 32.0 Å². The molecular weight excluding hydrogens is 281 g/mol. The minimum Gasteiger partial charge on any atom is -0.310 e. The van der Waals surface area contributed by atoms with Gasteiger partial charge in [-0.15, -0.1) is 0 Å². The Kier molecular flexibility index (Phi) is 4.16. The summed E-state index contributed by atoms with van der Waals surface area (Å²) in [5.74, 6) is 0.443. The van der Waals surface area contributed by atoms with Crippen LogP contribution in [0.25, 0.3) is 0 Å². The summed E-state index contributed by atoms with van der Waals surface area (Å²) in [7, 11) is 0. The zero-order valence-electron chi connectivity index (χ0n) is 11.7. The fourth-order valence-corrected chi connectivity index (χ4v) is 1.96. The van der Waals surface area contributed by atoms with Gasteiger partial charge in [0.05, 0.1) is 11.3 Å². The molecule has 0 aliphatic carbocycles. The molecule has 112 valence electrons. The number of halogens is 3. The molecule has 0 spiro atoms. The molecule has 0 aliphatic rings. The van der Waals surface area contributed by atoms with E-state index in [1.807, 2.05) is 13.8 Å². The number of H-pyrrole nitrogens is 1. The van der Waals surface area contributed by atoms with E-state index in [9.17, 15) is 18.0 Å². The summed E-state index contributed by atoms with van der Waals surface area (Å²) in [5, 5.41) is 0. The van der Waals surface area contributed by atoms with E-state index < -0.39 is 11.7 Å². The lowest BCUT2D eigenvalue weighted by atomic mass is 10.1. The first-order valence-electron chi connectivity index (χ1n) is 6.52. The van der Waals surface area contributed by atoms with Gasteiger partial charge in [-0.3, -0.25) is 4.79 Å². The average Bonchev–Trinajstić information content (AvgIpc) is 2.37. The fourth-order valence-electron chi connectivity index (χ4n) is 1.96. The summed E-state index contributed by atoms with van der Waals surface area (Å²) in [6, 6.07) is 6.42. The van der Waals surface area contributed by atoms with Crippen molar-refractivity contribution in [2.75, 3.05) is 0 Å². The summed E-state index contributed by atoms with van der Waals surface area (Å²) < 4.78 is 38.0. The Morgan fingerprint density at radius 1 is 1.24 bits per heavy atom. The Labute approximate surface area is 119 Å². The average molecular weight is 296 g/mol. The molecule has 0 bridgehead atoms. The summed E-state index contributed by atoms with van der Waals surface area (Å²) in [4.78, 5) is 18.4. The Morgan fingerprint density at radius 2 is 1.95 bits per heavy atom. The van der Waals surface area contributed by atoms with Crippen molar-refractivity contribution in [1.82, 2.24) is 9.97 Å². The standard InChI is InChI=1S/C15H15F3N2O/c1-9(2)12-8-14(21)20-13(19-12)7-10-4-3-5-11(6-10)15(16,17)18/h3-6,8-9H,7H2,1-2H3,(H,19,20,21). The second-order valence-corrected chi connectivity index (χ2v) is 5.15. The van der Waals surface area contributed by atoms with Crippen molar-refractivity contribution in [2.45, 2.75) is 32.4 Å². The maximum absolute atomic E-state index is 12.7. The van der Waals surface area contributed by atoms with Crippen molar-refractivity contribution < 1.29 is 13.2 Å². The molecule has 2 rings (SSSR count). The van der Waals surface area contributed by atoms with E-state index in [0.29, 0.717) is 17.1 Å². The van der Waals surface area contributed by atoms with Gasteiger partial charge in [0.1, 0.15) is 5.82 Å². The van der Waals surface area contributed by atoms with E-state index >= 15 is 0 Å². The Balaban J connectivity index is 2.32. The van der Waals surface area contributed by atoms with Crippen molar-refractivity contribution in [3.63, 3.8) is 0 Å². The number of rotatable bonds is 3. The van der Waals surface area contributed by atoms with E-state index in [1.165, 1.54) is 12.1 Å². The molecule has 1 aromatic carbocycles. The highest BCUT2D eigenvalue weighted by Crippen LogP contribution is 2.29. The van der Waals surface area contributed by atoms with Crippen LogP contribution in [-0.4, -0.2) is 9.97 Å². The molecule has 0 amide bonds. The first-order valence-corrected chi connectivity index (χ1v) is 6.52. The van der Waals surface area contributed by atoms with Crippen LogP contribution in [0.5, 0.6) is 0 Å². The molecule has 0 aliphatic heterocycles. The minimum atomic E-state index is -4.38. The van der Waals surface area contributed by atoms with Crippen molar-refractivity contribution in [1.29, 1.82) is 0 Å². The molecule has 0 fully saturated rings. The zero-order chi connectivity index (χ0) is 15.6. The van der Waals surface area contributed by atoms with Gasteiger partial charge in [0.2, 0.25) is 0 Å². The van der Waals surface area contributed by atoms with Gasteiger partial charge < -0.3 is 4.98 Å². The molecule has 21 heavy (non-hydrogen) atoms. The van der Waals surface area contributed by atoms with Crippen molar-refractivity contribution in [3.8, 4) is 0 Å². The smallest absolute Gasteiger partial charge is 0.310 e. The molecule has 0 saturated heterocycles. The fraction of sp³-hybridized carbons (Fsp3) is 0.333. The van der Waals surface area contributed by atoms with Gasteiger partial charge in [0, 0.05) is 12.5 Å². The van der Waals surface area contributed by atoms with Gasteiger partial charge in [-0.2, -0.15) is 13.2 Å². The normalized spacial score (nSPS) is 11.9. The molecular formula is C15H15F3N2O. The van der Waals surface area contributed by atoms with Crippen LogP contribution < -0.4 is 5.56 Å². The van der Waals surface area contributed by atoms with E-state index in [-0.39, 0.29) is 17.9 Å². The second kappa shape index (κ2) is 5.71. The topological polar surface area (TPSA) is 45.8 Å². The van der Waals surface area contributed by atoms with Crippen LogP contribution in [0.15, 0.2) is 35.1 Å². The number of alkyl halides is 3. The molecule has 1 N–H and O–H groups in total. The van der Waals surface area contributed by atoms with Crippen LogP contribution in [0.2, 0.25) is 0 Å². The van der Waals surface area contributed by atoms with E-state index in [4.69, 9.17) is 0 Å². The highest BCUT2D eigenvalue weighted by molar-refractivity contribution is 5.28. The summed E-state index contributed by atoms with van der Waals surface area (Å²) in [6.07, 6.45) is -4.23. The van der Waals surface area contributed by atoms with E-state index in [1.54, 1.807) is 6.07 Å². The van der Waals surface area contributed by atoms with Gasteiger partial charge in [-0.25, -0.2) is 4.98 Å². The Hall–Kier alpha value is -2.11. The van der Waals surface area contributed by atoms with Gasteiger partial charge in [0.15, 0.2) is 0 Å². The number of hydrogen-bond donors (Lipinski definition) is 1. The van der Waals surface area contributed by atoms with Crippen molar-refractivity contribution in [2.24, 2.45) is 0 Å². The molecule has 1 heterocycles. The molecule has 6 heteroatoms. The lowest BCUT2D eigenvalue weighted by Crippen LogP contribution is -2.14. The highest BCUT2D eigenvalue weighted by Gasteiger charge is 2.30. The van der Waals surface area contributed by atoms with Gasteiger partial charge >= 0.3 is 6.18 Å². The maximum atomic E-state index is 12.7. The highest BCUT2D eigenvalue weighted by atomic mass is 19.4.